The molecule has 3 rings (SSSR count). The quantitative estimate of drug-likeness (QED) is 0.570. The number of nitrogens with one attached hydrogen (secondary N) is 1. The molecule has 1 aliphatic rings. The molecule has 28 heavy (non-hydrogen) atoms. The molecule has 1 amide bonds. The summed E-state index contributed by atoms with van der Waals surface area (Å²) in [7, 11) is 0. The molecular formula is C17H12F3N3O3S2. The molecule has 0 aliphatic carbocycles. The molecule has 11 heteroatoms. The van der Waals surface area contributed by atoms with Crippen LogP contribution in [0.4, 0.5) is 18.9 Å². The number of benzene rings is 2. The van der Waals surface area contributed by atoms with Crippen molar-refractivity contribution in [2.24, 2.45) is 4.99 Å². The Labute approximate surface area is 165 Å². The number of halogens is 3. The summed E-state index contributed by atoms with van der Waals surface area (Å²) < 4.78 is 38.6. The van der Waals surface area contributed by atoms with Crippen molar-refractivity contribution in [1.29, 1.82) is 0 Å². The fourth-order valence-electron chi connectivity index (χ4n) is 2.36. The molecule has 0 bridgehead atoms. The van der Waals surface area contributed by atoms with E-state index in [0.717, 1.165) is 29.6 Å². The lowest BCUT2D eigenvalue weighted by atomic mass is 10.2. The second-order valence-electron chi connectivity index (χ2n) is 5.53. The summed E-state index contributed by atoms with van der Waals surface area (Å²) in [6.45, 7) is 0.606. The Bertz CT molecular complexity index is 964. The molecule has 1 N–H and O–H groups in total. The number of hydrogen-bond acceptors (Lipinski definition) is 6. The third kappa shape index (κ3) is 4.65. The van der Waals surface area contributed by atoms with Crippen molar-refractivity contribution in [3.05, 3.63) is 63.7 Å². The van der Waals surface area contributed by atoms with Crippen molar-refractivity contribution in [3.8, 4) is 0 Å². The molecule has 0 unspecified atom stereocenters. The number of nitro benzene ring substituents is 1. The number of thioether (sulfide) groups is 1. The molecule has 0 atom stereocenters. The van der Waals surface area contributed by atoms with Crippen LogP contribution in [0.25, 0.3) is 0 Å². The zero-order valence-corrected chi connectivity index (χ0v) is 15.7. The maximum atomic E-state index is 12.9. The average molecular weight is 427 g/mol. The van der Waals surface area contributed by atoms with Crippen LogP contribution in [0, 0.1) is 10.1 Å². The van der Waals surface area contributed by atoms with Gasteiger partial charge in [0.15, 0.2) is 5.17 Å². The largest absolute Gasteiger partial charge is 0.416 e. The lowest BCUT2D eigenvalue weighted by Crippen LogP contribution is -2.27. The van der Waals surface area contributed by atoms with E-state index in [1.54, 1.807) is 18.2 Å². The third-order valence-corrected chi connectivity index (χ3v) is 5.67. The first-order valence-corrected chi connectivity index (χ1v) is 9.67. The minimum atomic E-state index is -4.69. The summed E-state index contributed by atoms with van der Waals surface area (Å²) in [4.78, 5) is 27.4. The van der Waals surface area contributed by atoms with Gasteiger partial charge in [-0.2, -0.15) is 13.2 Å². The van der Waals surface area contributed by atoms with Gasteiger partial charge in [-0.15, -0.1) is 0 Å². The van der Waals surface area contributed by atoms with Crippen LogP contribution in [-0.4, -0.2) is 28.3 Å². The first kappa shape index (κ1) is 20.2. The Balaban J connectivity index is 1.92. The molecule has 0 aromatic heterocycles. The summed E-state index contributed by atoms with van der Waals surface area (Å²) in [6.07, 6.45) is -4.69. The van der Waals surface area contributed by atoms with Gasteiger partial charge in [-0.3, -0.25) is 19.9 Å². The summed E-state index contributed by atoms with van der Waals surface area (Å²) in [5, 5.41) is 14.4. The number of carbonyl (C=O) groups excluding carboxylic acids is 1. The van der Waals surface area contributed by atoms with Gasteiger partial charge in [-0.1, -0.05) is 35.7 Å². The number of amidine groups is 1. The lowest BCUT2D eigenvalue weighted by Gasteiger charge is -2.11. The van der Waals surface area contributed by atoms with E-state index < -0.39 is 28.3 Å². The summed E-state index contributed by atoms with van der Waals surface area (Å²) in [5.74, 6) is 0.329. The minimum absolute atomic E-state index is 0.00540. The zero-order valence-electron chi connectivity index (χ0n) is 14.0. The summed E-state index contributed by atoms with van der Waals surface area (Å²) in [6, 6.07) is 8.69. The topological polar surface area (TPSA) is 84.6 Å². The van der Waals surface area contributed by atoms with E-state index in [9.17, 15) is 28.1 Å². The standard InChI is InChI=1S/C17H12F3N3O3S2/c18-17(19,20)10-5-6-14(12(9-10)23(25)26)28-13-4-2-1-3-11(13)15(24)22-16-21-7-8-27-16/h1-6,9H,7-8H2,(H,21,22,24). The predicted molar refractivity (Wildman–Crippen MR) is 101 cm³/mol. The second-order valence-corrected chi connectivity index (χ2v) is 7.69. The zero-order chi connectivity index (χ0) is 20.3. The SMILES string of the molecule is O=C(NC1=NCCS1)c1ccccc1Sc1ccc(C(F)(F)F)cc1[N+](=O)[O-]. The molecular weight excluding hydrogens is 415 g/mol. The molecule has 0 saturated heterocycles. The Morgan fingerprint density at radius 3 is 2.61 bits per heavy atom. The van der Waals surface area contributed by atoms with Crippen LogP contribution in [0.15, 0.2) is 57.2 Å². The molecule has 2 aromatic rings. The normalized spacial score (nSPS) is 13.9. The van der Waals surface area contributed by atoms with Crippen molar-refractivity contribution in [3.63, 3.8) is 0 Å². The molecule has 0 saturated carbocycles. The van der Waals surface area contributed by atoms with Crippen LogP contribution in [0.3, 0.4) is 0 Å². The maximum absolute atomic E-state index is 12.9. The van der Waals surface area contributed by atoms with Gasteiger partial charge in [0.25, 0.3) is 11.6 Å². The van der Waals surface area contributed by atoms with Crippen molar-refractivity contribution in [1.82, 2.24) is 5.32 Å². The number of alkyl halides is 3. The Morgan fingerprint density at radius 2 is 1.96 bits per heavy atom. The highest BCUT2D eigenvalue weighted by atomic mass is 32.2. The average Bonchev–Trinajstić information content (AvgIpc) is 3.14. The first-order valence-electron chi connectivity index (χ1n) is 7.87. The Morgan fingerprint density at radius 1 is 1.21 bits per heavy atom. The minimum Gasteiger partial charge on any atom is -0.301 e. The smallest absolute Gasteiger partial charge is 0.301 e. The first-order chi connectivity index (χ1) is 13.3. The second kappa shape index (κ2) is 8.23. The molecule has 0 radical (unpaired) electrons. The number of nitrogens with zero attached hydrogens (tertiary/aromatic N) is 2. The molecule has 0 fully saturated rings. The van der Waals surface area contributed by atoms with Crippen LogP contribution >= 0.6 is 23.5 Å². The highest BCUT2D eigenvalue weighted by molar-refractivity contribution is 8.14. The molecule has 146 valence electrons. The van der Waals surface area contributed by atoms with Gasteiger partial charge in [0.05, 0.1) is 27.5 Å². The van der Waals surface area contributed by atoms with Crippen molar-refractivity contribution >= 4 is 40.3 Å². The van der Waals surface area contributed by atoms with E-state index in [4.69, 9.17) is 0 Å². The van der Waals surface area contributed by atoms with E-state index >= 15 is 0 Å². The van der Waals surface area contributed by atoms with Gasteiger partial charge in [-0.25, -0.2) is 0 Å². The molecule has 6 nitrogen and oxygen atoms in total. The number of carbonyl (C=O) groups is 1. The Kier molecular flexibility index (Phi) is 5.94. The van der Waals surface area contributed by atoms with Crippen molar-refractivity contribution in [2.45, 2.75) is 16.0 Å². The fourth-order valence-corrected chi connectivity index (χ4v) is 4.11. The van der Waals surface area contributed by atoms with Gasteiger partial charge < -0.3 is 5.32 Å². The van der Waals surface area contributed by atoms with Gasteiger partial charge >= 0.3 is 6.18 Å². The van der Waals surface area contributed by atoms with E-state index in [-0.39, 0.29) is 10.5 Å². The van der Waals surface area contributed by atoms with Gasteiger partial charge in [-0.05, 0) is 24.3 Å². The van der Waals surface area contributed by atoms with E-state index in [2.05, 4.69) is 10.3 Å². The van der Waals surface area contributed by atoms with Gasteiger partial charge in [0.1, 0.15) is 0 Å². The molecule has 2 aromatic carbocycles. The highest BCUT2D eigenvalue weighted by Crippen LogP contribution is 2.40. The summed E-state index contributed by atoms with van der Waals surface area (Å²) in [5.41, 5.74) is -1.53. The van der Waals surface area contributed by atoms with Crippen LogP contribution in [-0.2, 0) is 6.18 Å². The van der Waals surface area contributed by atoms with Crippen LogP contribution in [0.2, 0.25) is 0 Å². The number of amides is 1. The summed E-state index contributed by atoms with van der Waals surface area (Å²) >= 11 is 2.26. The number of aliphatic imine (C=N–C) groups is 1. The van der Waals surface area contributed by atoms with Crippen LogP contribution in [0.5, 0.6) is 0 Å². The third-order valence-electron chi connectivity index (χ3n) is 3.64. The van der Waals surface area contributed by atoms with Gasteiger partial charge in [0, 0.05) is 16.7 Å². The van der Waals surface area contributed by atoms with E-state index in [0.29, 0.717) is 22.7 Å². The van der Waals surface area contributed by atoms with Crippen LogP contribution < -0.4 is 5.32 Å². The monoisotopic (exact) mass is 427 g/mol. The van der Waals surface area contributed by atoms with Crippen LogP contribution in [0.1, 0.15) is 15.9 Å². The number of rotatable bonds is 4. The van der Waals surface area contributed by atoms with E-state index in [1.807, 2.05) is 0 Å². The lowest BCUT2D eigenvalue weighted by molar-refractivity contribution is -0.388. The molecule has 1 aliphatic heterocycles. The van der Waals surface area contributed by atoms with Crippen molar-refractivity contribution < 1.29 is 22.9 Å². The predicted octanol–water partition coefficient (Wildman–Crippen LogP) is 4.60. The molecule has 0 spiro atoms. The number of nitro groups is 1. The van der Waals surface area contributed by atoms with Gasteiger partial charge in [0.2, 0.25) is 0 Å². The fraction of sp³-hybridized carbons (Fsp3) is 0.176. The van der Waals surface area contributed by atoms with E-state index in [1.165, 1.54) is 17.8 Å². The number of hydrogen-bond donors (Lipinski definition) is 1. The van der Waals surface area contributed by atoms with Crippen molar-refractivity contribution in [2.75, 3.05) is 12.3 Å². The Hall–Kier alpha value is -2.53. The highest BCUT2D eigenvalue weighted by Gasteiger charge is 2.33. The maximum Gasteiger partial charge on any atom is 0.416 e. The molecule has 1 heterocycles.